The summed E-state index contributed by atoms with van der Waals surface area (Å²) in [5.41, 5.74) is 6.02. The fraction of sp³-hybridized carbons (Fsp3) is 0.167. The first-order valence-electron chi connectivity index (χ1n) is 5.37. The summed E-state index contributed by atoms with van der Waals surface area (Å²) in [6.45, 7) is 1.79. The Morgan fingerprint density at radius 3 is 2.72 bits per heavy atom. The van der Waals surface area contributed by atoms with Gasteiger partial charge in [-0.05, 0) is 19.1 Å². The SMILES string of the molecule is CC(Nc1nc(N)c(F)cc1F)c1ccccn1. The van der Waals surface area contributed by atoms with Crippen molar-refractivity contribution in [2.75, 3.05) is 11.1 Å². The number of nitrogens with zero attached hydrogens (tertiary/aromatic N) is 2. The molecule has 2 rings (SSSR count). The molecule has 2 aromatic rings. The van der Waals surface area contributed by atoms with Crippen LogP contribution in [-0.2, 0) is 0 Å². The normalized spacial score (nSPS) is 12.2. The summed E-state index contributed by atoms with van der Waals surface area (Å²) in [7, 11) is 0. The first kappa shape index (κ1) is 12.2. The number of nitrogens with one attached hydrogen (secondary N) is 1. The number of aromatic nitrogens is 2. The minimum atomic E-state index is -0.872. The second-order valence-electron chi connectivity index (χ2n) is 3.81. The first-order valence-corrected chi connectivity index (χ1v) is 5.37. The van der Waals surface area contributed by atoms with Gasteiger partial charge in [-0.15, -0.1) is 0 Å². The van der Waals surface area contributed by atoms with Crippen LogP contribution in [-0.4, -0.2) is 9.97 Å². The Balaban J connectivity index is 2.22. The van der Waals surface area contributed by atoms with Gasteiger partial charge in [-0.1, -0.05) is 6.07 Å². The number of nitrogen functional groups attached to an aromatic ring is 1. The van der Waals surface area contributed by atoms with E-state index in [1.807, 2.05) is 6.07 Å². The molecule has 94 valence electrons. The molecule has 0 aliphatic carbocycles. The van der Waals surface area contributed by atoms with Crippen molar-refractivity contribution in [2.24, 2.45) is 0 Å². The Labute approximate surface area is 103 Å². The molecule has 0 spiro atoms. The highest BCUT2D eigenvalue weighted by atomic mass is 19.1. The molecule has 0 aromatic carbocycles. The van der Waals surface area contributed by atoms with Gasteiger partial charge >= 0.3 is 0 Å². The van der Waals surface area contributed by atoms with E-state index in [0.29, 0.717) is 6.07 Å². The maximum Gasteiger partial charge on any atom is 0.168 e. The van der Waals surface area contributed by atoms with Gasteiger partial charge < -0.3 is 11.1 Å². The van der Waals surface area contributed by atoms with Crippen LogP contribution in [0, 0.1) is 11.6 Å². The third kappa shape index (κ3) is 2.53. The van der Waals surface area contributed by atoms with Crippen molar-refractivity contribution in [2.45, 2.75) is 13.0 Å². The monoisotopic (exact) mass is 250 g/mol. The third-order valence-electron chi connectivity index (χ3n) is 2.44. The highest BCUT2D eigenvalue weighted by Crippen LogP contribution is 2.21. The van der Waals surface area contributed by atoms with Gasteiger partial charge in [0, 0.05) is 12.3 Å². The van der Waals surface area contributed by atoms with Crippen LogP contribution in [0.25, 0.3) is 0 Å². The summed E-state index contributed by atoms with van der Waals surface area (Å²) in [6, 6.07) is 5.84. The van der Waals surface area contributed by atoms with Crippen LogP contribution in [0.4, 0.5) is 20.4 Å². The molecule has 4 nitrogen and oxygen atoms in total. The van der Waals surface area contributed by atoms with Crippen molar-refractivity contribution < 1.29 is 8.78 Å². The first-order chi connectivity index (χ1) is 8.58. The molecule has 0 radical (unpaired) electrons. The average Bonchev–Trinajstić information content (AvgIpc) is 2.37. The molecule has 18 heavy (non-hydrogen) atoms. The van der Waals surface area contributed by atoms with E-state index in [1.165, 1.54) is 0 Å². The molecule has 2 aromatic heterocycles. The topological polar surface area (TPSA) is 63.8 Å². The van der Waals surface area contributed by atoms with Crippen LogP contribution >= 0.6 is 0 Å². The van der Waals surface area contributed by atoms with Crippen LogP contribution in [0.3, 0.4) is 0 Å². The zero-order valence-corrected chi connectivity index (χ0v) is 9.69. The Morgan fingerprint density at radius 2 is 2.06 bits per heavy atom. The molecule has 0 bridgehead atoms. The molecule has 0 saturated heterocycles. The lowest BCUT2D eigenvalue weighted by Crippen LogP contribution is -2.12. The lowest BCUT2D eigenvalue weighted by atomic mass is 10.2. The predicted molar refractivity (Wildman–Crippen MR) is 64.8 cm³/mol. The van der Waals surface area contributed by atoms with Crippen molar-refractivity contribution >= 4 is 11.6 Å². The minimum absolute atomic E-state index is 0.0907. The van der Waals surface area contributed by atoms with Gasteiger partial charge in [0.05, 0.1) is 11.7 Å². The summed E-state index contributed by atoms with van der Waals surface area (Å²) >= 11 is 0. The zero-order chi connectivity index (χ0) is 13.1. The van der Waals surface area contributed by atoms with Gasteiger partial charge in [0.2, 0.25) is 0 Å². The van der Waals surface area contributed by atoms with E-state index in [-0.39, 0.29) is 17.7 Å². The number of rotatable bonds is 3. The van der Waals surface area contributed by atoms with E-state index in [1.54, 1.807) is 25.3 Å². The van der Waals surface area contributed by atoms with Crippen molar-refractivity contribution in [3.63, 3.8) is 0 Å². The number of pyridine rings is 2. The third-order valence-corrected chi connectivity index (χ3v) is 2.44. The maximum atomic E-state index is 13.5. The Kier molecular flexibility index (Phi) is 3.36. The van der Waals surface area contributed by atoms with E-state index >= 15 is 0 Å². The summed E-state index contributed by atoms with van der Waals surface area (Å²) in [5.74, 6) is -2.09. The Hall–Kier alpha value is -2.24. The van der Waals surface area contributed by atoms with Crippen LogP contribution in [0.1, 0.15) is 18.7 Å². The summed E-state index contributed by atoms with van der Waals surface area (Å²) in [6.07, 6.45) is 1.64. The highest BCUT2D eigenvalue weighted by molar-refractivity contribution is 5.46. The molecule has 6 heteroatoms. The van der Waals surface area contributed by atoms with Crippen LogP contribution in [0.5, 0.6) is 0 Å². The van der Waals surface area contributed by atoms with Gasteiger partial charge in [0.15, 0.2) is 23.3 Å². The average molecular weight is 250 g/mol. The van der Waals surface area contributed by atoms with Crippen molar-refractivity contribution in [1.29, 1.82) is 0 Å². The van der Waals surface area contributed by atoms with Gasteiger partial charge in [0.1, 0.15) is 0 Å². The van der Waals surface area contributed by atoms with E-state index in [9.17, 15) is 8.78 Å². The molecule has 1 unspecified atom stereocenters. The second kappa shape index (κ2) is 4.95. The number of anilines is 2. The minimum Gasteiger partial charge on any atom is -0.381 e. The van der Waals surface area contributed by atoms with Crippen molar-refractivity contribution in [1.82, 2.24) is 9.97 Å². The van der Waals surface area contributed by atoms with Crippen LogP contribution in [0.15, 0.2) is 30.5 Å². The van der Waals surface area contributed by atoms with Crippen molar-refractivity contribution in [3.8, 4) is 0 Å². The molecule has 0 saturated carbocycles. The molecule has 0 amide bonds. The van der Waals surface area contributed by atoms with Crippen LogP contribution in [0.2, 0.25) is 0 Å². The Morgan fingerprint density at radius 1 is 1.28 bits per heavy atom. The van der Waals surface area contributed by atoms with E-state index in [4.69, 9.17) is 5.73 Å². The lowest BCUT2D eigenvalue weighted by molar-refractivity contribution is 0.577. The summed E-state index contributed by atoms with van der Waals surface area (Å²) in [4.78, 5) is 7.75. The molecule has 2 heterocycles. The smallest absolute Gasteiger partial charge is 0.168 e. The molecule has 0 aliphatic rings. The molecule has 0 aliphatic heterocycles. The Bertz CT molecular complexity index is 545. The van der Waals surface area contributed by atoms with Gasteiger partial charge in [0.25, 0.3) is 0 Å². The van der Waals surface area contributed by atoms with Crippen LogP contribution < -0.4 is 11.1 Å². The van der Waals surface area contributed by atoms with E-state index < -0.39 is 11.6 Å². The molecule has 3 N–H and O–H groups in total. The molecule has 0 fully saturated rings. The molecular formula is C12H12F2N4. The summed E-state index contributed by atoms with van der Waals surface area (Å²) < 4.78 is 26.4. The predicted octanol–water partition coefficient (Wildman–Crippen LogP) is 2.51. The largest absolute Gasteiger partial charge is 0.381 e. The van der Waals surface area contributed by atoms with Gasteiger partial charge in [-0.2, -0.15) is 0 Å². The summed E-state index contributed by atoms with van der Waals surface area (Å²) in [5, 5.41) is 2.80. The number of hydrogen-bond acceptors (Lipinski definition) is 4. The quantitative estimate of drug-likeness (QED) is 0.878. The highest BCUT2D eigenvalue weighted by Gasteiger charge is 2.13. The number of halogens is 2. The second-order valence-corrected chi connectivity index (χ2v) is 3.81. The fourth-order valence-electron chi connectivity index (χ4n) is 1.49. The standard InChI is InChI=1S/C12H12F2N4/c1-7(10-4-2-3-5-16-10)17-12-9(14)6-8(13)11(15)18-12/h2-7H,1H3,(H3,15,17,18). The van der Waals surface area contributed by atoms with Crippen molar-refractivity contribution in [3.05, 3.63) is 47.8 Å². The lowest BCUT2D eigenvalue weighted by Gasteiger charge is -2.14. The van der Waals surface area contributed by atoms with Gasteiger partial charge in [-0.3, -0.25) is 4.98 Å². The fourth-order valence-corrected chi connectivity index (χ4v) is 1.49. The number of nitrogens with two attached hydrogens (primary N) is 1. The zero-order valence-electron chi connectivity index (χ0n) is 9.69. The maximum absolute atomic E-state index is 13.5. The number of hydrogen-bond donors (Lipinski definition) is 2. The molecular weight excluding hydrogens is 238 g/mol. The molecule has 1 atom stereocenters. The van der Waals surface area contributed by atoms with E-state index in [0.717, 1.165) is 5.69 Å². The van der Waals surface area contributed by atoms with Gasteiger partial charge in [-0.25, -0.2) is 13.8 Å². The van der Waals surface area contributed by atoms with E-state index in [2.05, 4.69) is 15.3 Å².